The number of carbonyl (C=O) groups is 1. The first-order valence-electron chi connectivity index (χ1n) is 5.90. The SMILES string of the molecule is CCN(c1ccc(C(=O)O)cc1)[C@H]1CCSC1. The van der Waals surface area contributed by atoms with Crippen LogP contribution in [-0.2, 0) is 0 Å². The van der Waals surface area contributed by atoms with Gasteiger partial charge in [0.1, 0.15) is 0 Å². The normalized spacial score (nSPS) is 19.2. The largest absolute Gasteiger partial charge is 0.478 e. The van der Waals surface area contributed by atoms with Crippen LogP contribution in [0.3, 0.4) is 0 Å². The van der Waals surface area contributed by atoms with Crippen molar-refractivity contribution >= 4 is 23.4 Å². The lowest BCUT2D eigenvalue weighted by molar-refractivity contribution is 0.0697. The van der Waals surface area contributed by atoms with Crippen molar-refractivity contribution < 1.29 is 9.90 Å². The molecule has 17 heavy (non-hydrogen) atoms. The lowest BCUT2D eigenvalue weighted by atomic mass is 10.1. The number of thioether (sulfide) groups is 1. The molecular weight excluding hydrogens is 234 g/mol. The van der Waals surface area contributed by atoms with E-state index >= 15 is 0 Å². The number of hydrogen-bond donors (Lipinski definition) is 1. The number of benzene rings is 1. The highest BCUT2D eigenvalue weighted by Crippen LogP contribution is 2.27. The van der Waals surface area contributed by atoms with Gasteiger partial charge in [-0.1, -0.05) is 0 Å². The van der Waals surface area contributed by atoms with Crippen molar-refractivity contribution in [2.24, 2.45) is 0 Å². The summed E-state index contributed by atoms with van der Waals surface area (Å²) in [6, 6.07) is 7.79. The predicted octanol–water partition coefficient (Wildman–Crippen LogP) is 2.72. The maximum Gasteiger partial charge on any atom is 0.335 e. The van der Waals surface area contributed by atoms with Gasteiger partial charge in [0.2, 0.25) is 0 Å². The molecule has 1 fully saturated rings. The Morgan fingerprint density at radius 3 is 2.65 bits per heavy atom. The molecule has 1 aromatic rings. The summed E-state index contributed by atoms with van der Waals surface area (Å²) in [6.45, 7) is 3.12. The smallest absolute Gasteiger partial charge is 0.335 e. The van der Waals surface area contributed by atoms with Gasteiger partial charge in [0.05, 0.1) is 5.56 Å². The Morgan fingerprint density at radius 1 is 1.47 bits per heavy atom. The van der Waals surface area contributed by atoms with Crippen LogP contribution in [0.25, 0.3) is 0 Å². The molecule has 1 heterocycles. The predicted molar refractivity (Wildman–Crippen MR) is 72.2 cm³/mol. The minimum absolute atomic E-state index is 0.352. The van der Waals surface area contributed by atoms with E-state index < -0.39 is 5.97 Å². The molecule has 4 heteroatoms. The molecule has 1 atom stereocenters. The van der Waals surface area contributed by atoms with Gasteiger partial charge >= 0.3 is 5.97 Å². The third-order valence-corrected chi connectivity index (χ3v) is 4.28. The van der Waals surface area contributed by atoms with E-state index in [0.29, 0.717) is 11.6 Å². The average molecular weight is 251 g/mol. The van der Waals surface area contributed by atoms with Crippen molar-refractivity contribution in [1.29, 1.82) is 0 Å². The third kappa shape index (κ3) is 2.75. The zero-order valence-electron chi connectivity index (χ0n) is 9.93. The quantitative estimate of drug-likeness (QED) is 0.893. The van der Waals surface area contributed by atoms with E-state index in [-0.39, 0.29) is 0 Å². The number of aromatic carboxylic acids is 1. The molecule has 3 nitrogen and oxygen atoms in total. The zero-order valence-corrected chi connectivity index (χ0v) is 10.7. The Bertz CT molecular complexity index is 385. The van der Waals surface area contributed by atoms with Gasteiger partial charge in [-0.2, -0.15) is 11.8 Å². The fraction of sp³-hybridized carbons (Fsp3) is 0.462. The highest BCUT2D eigenvalue weighted by molar-refractivity contribution is 7.99. The summed E-state index contributed by atoms with van der Waals surface area (Å²) < 4.78 is 0. The molecule has 0 bridgehead atoms. The van der Waals surface area contributed by atoms with Crippen LogP contribution in [0.2, 0.25) is 0 Å². The Labute approximate surface area is 106 Å². The van der Waals surface area contributed by atoms with E-state index in [1.165, 1.54) is 17.9 Å². The summed E-state index contributed by atoms with van der Waals surface area (Å²) in [7, 11) is 0. The van der Waals surface area contributed by atoms with E-state index in [4.69, 9.17) is 5.11 Å². The first-order chi connectivity index (χ1) is 8.22. The van der Waals surface area contributed by atoms with E-state index in [9.17, 15) is 4.79 Å². The molecule has 0 aromatic heterocycles. The molecule has 1 aliphatic heterocycles. The van der Waals surface area contributed by atoms with Crippen molar-refractivity contribution in [3.63, 3.8) is 0 Å². The minimum Gasteiger partial charge on any atom is -0.478 e. The van der Waals surface area contributed by atoms with Crippen LogP contribution < -0.4 is 4.90 Å². The molecule has 1 saturated heterocycles. The van der Waals surface area contributed by atoms with Gasteiger partial charge < -0.3 is 10.0 Å². The van der Waals surface area contributed by atoms with Gasteiger partial charge in [-0.15, -0.1) is 0 Å². The monoisotopic (exact) mass is 251 g/mol. The van der Waals surface area contributed by atoms with Crippen molar-refractivity contribution in [1.82, 2.24) is 0 Å². The Balaban J connectivity index is 2.16. The summed E-state index contributed by atoms with van der Waals surface area (Å²) in [5.41, 5.74) is 1.48. The van der Waals surface area contributed by atoms with Crippen LogP contribution in [0.5, 0.6) is 0 Å². The molecule has 1 aliphatic rings. The summed E-state index contributed by atoms with van der Waals surface area (Å²) in [4.78, 5) is 13.2. The van der Waals surface area contributed by atoms with Gasteiger partial charge in [-0.25, -0.2) is 4.79 Å². The molecule has 0 spiro atoms. The maximum atomic E-state index is 10.8. The average Bonchev–Trinajstić information content (AvgIpc) is 2.84. The number of hydrogen-bond acceptors (Lipinski definition) is 3. The van der Waals surface area contributed by atoms with Crippen LogP contribution in [0, 0.1) is 0 Å². The zero-order chi connectivity index (χ0) is 12.3. The van der Waals surface area contributed by atoms with Crippen LogP contribution in [0.15, 0.2) is 24.3 Å². The van der Waals surface area contributed by atoms with Crippen LogP contribution >= 0.6 is 11.8 Å². The number of rotatable bonds is 4. The van der Waals surface area contributed by atoms with E-state index in [1.807, 2.05) is 23.9 Å². The maximum absolute atomic E-state index is 10.8. The van der Waals surface area contributed by atoms with Gasteiger partial charge in [-0.05, 0) is 43.4 Å². The van der Waals surface area contributed by atoms with Crippen LogP contribution in [-0.4, -0.2) is 35.2 Å². The lowest BCUT2D eigenvalue weighted by Gasteiger charge is -2.29. The molecule has 92 valence electrons. The number of carboxylic acid groups (broad SMARTS) is 1. The highest BCUT2D eigenvalue weighted by atomic mass is 32.2. The Morgan fingerprint density at radius 2 is 2.18 bits per heavy atom. The molecule has 1 N–H and O–H groups in total. The van der Waals surface area contributed by atoms with Crippen molar-refractivity contribution in [2.75, 3.05) is 23.0 Å². The second-order valence-corrected chi connectivity index (χ2v) is 5.31. The lowest BCUT2D eigenvalue weighted by Crippen LogP contribution is -2.35. The van der Waals surface area contributed by atoms with Gasteiger partial charge in [0.25, 0.3) is 0 Å². The van der Waals surface area contributed by atoms with Gasteiger partial charge in [0.15, 0.2) is 0 Å². The molecule has 2 rings (SSSR count). The van der Waals surface area contributed by atoms with Crippen LogP contribution in [0.1, 0.15) is 23.7 Å². The molecule has 0 aliphatic carbocycles. The molecule has 0 saturated carbocycles. The summed E-state index contributed by atoms with van der Waals surface area (Å²) in [6.07, 6.45) is 1.22. The molecule has 0 amide bonds. The molecular formula is C13H17NO2S. The topological polar surface area (TPSA) is 40.5 Å². The van der Waals surface area contributed by atoms with Gasteiger partial charge in [0, 0.05) is 24.0 Å². The summed E-state index contributed by atoms with van der Waals surface area (Å²) in [5, 5.41) is 8.87. The van der Waals surface area contributed by atoms with Gasteiger partial charge in [-0.3, -0.25) is 0 Å². The molecule has 0 unspecified atom stereocenters. The van der Waals surface area contributed by atoms with Crippen LogP contribution in [0.4, 0.5) is 5.69 Å². The van der Waals surface area contributed by atoms with E-state index in [2.05, 4.69) is 11.8 Å². The number of nitrogens with zero attached hydrogens (tertiary/aromatic N) is 1. The standard InChI is InChI=1S/C13H17NO2S/c1-2-14(12-7-8-17-9-12)11-5-3-10(4-6-11)13(15)16/h3-6,12H,2,7-9H2,1H3,(H,15,16)/t12-/m0/s1. The minimum atomic E-state index is -0.865. The Kier molecular flexibility index (Phi) is 3.94. The molecule has 0 radical (unpaired) electrons. The third-order valence-electron chi connectivity index (χ3n) is 3.13. The van der Waals surface area contributed by atoms with Crippen molar-refractivity contribution in [2.45, 2.75) is 19.4 Å². The molecule has 1 aromatic carbocycles. The summed E-state index contributed by atoms with van der Waals surface area (Å²) in [5.74, 6) is 1.54. The van der Waals surface area contributed by atoms with Crippen molar-refractivity contribution in [3.05, 3.63) is 29.8 Å². The highest BCUT2D eigenvalue weighted by Gasteiger charge is 2.22. The first-order valence-corrected chi connectivity index (χ1v) is 7.05. The first kappa shape index (κ1) is 12.3. The number of anilines is 1. The second-order valence-electron chi connectivity index (χ2n) is 4.16. The Hall–Kier alpha value is -1.16. The van der Waals surface area contributed by atoms with E-state index in [0.717, 1.165) is 12.2 Å². The number of carboxylic acids is 1. The fourth-order valence-corrected chi connectivity index (χ4v) is 3.44. The summed E-state index contributed by atoms with van der Waals surface area (Å²) >= 11 is 1.99. The van der Waals surface area contributed by atoms with Crippen molar-refractivity contribution in [3.8, 4) is 0 Å². The second kappa shape index (κ2) is 5.45. The fourth-order valence-electron chi connectivity index (χ4n) is 2.21. The van der Waals surface area contributed by atoms with E-state index in [1.54, 1.807) is 12.1 Å².